The first-order chi connectivity index (χ1) is 11.6. The number of fused-ring (bicyclic) bond motifs is 1. The van der Waals surface area contributed by atoms with Gasteiger partial charge in [-0.05, 0) is 24.3 Å². The molecule has 0 bridgehead atoms. The Morgan fingerprint density at radius 1 is 1.21 bits per heavy atom. The zero-order chi connectivity index (χ0) is 16.9. The van der Waals surface area contributed by atoms with E-state index >= 15 is 0 Å². The molecule has 0 aliphatic carbocycles. The van der Waals surface area contributed by atoms with E-state index in [1.807, 2.05) is 48.0 Å². The number of thioether (sulfide) groups is 1. The molecule has 0 fully saturated rings. The molecule has 0 aliphatic rings. The van der Waals surface area contributed by atoms with Gasteiger partial charge in [0, 0.05) is 24.9 Å². The number of aryl methyl sites for hydroxylation is 1. The normalized spacial score (nSPS) is 10.9. The van der Waals surface area contributed by atoms with Crippen molar-refractivity contribution in [1.29, 1.82) is 0 Å². The van der Waals surface area contributed by atoms with Gasteiger partial charge in [-0.2, -0.15) is 0 Å². The second-order valence-corrected chi connectivity index (χ2v) is 6.45. The lowest BCUT2D eigenvalue weighted by Crippen LogP contribution is -2.27. The highest BCUT2D eigenvalue weighted by Crippen LogP contribution is 2.18. The van der Waals surface area contributed by atoms with Crippen LogP contribution in [0.2, 0.25) is 0 Å². The number of para-hydroxylation sites is 1. The molecule has 4 nitrogen and oxygen atoms in total. The van der Waals surface area contributed by atoms with Gasteiger partial charge in [-0.25, -0.2) is 9.37 Å². The van der Waals surface area contributed by atoms with E-state index in [9.17, 15) is 9.18 Å². The van der Waals surface area contributed by atoms with E-state index in [0.717, 1.165) is 16.2 Å². The molecule has 0 aliphatic heterocycles. The number of benzene rings is 2. The minimum absolute atomic E-state index is 0.0196. The van der Waals surface area contributed by atoms with Crippen molar-refractivity contribution < 1.29 is 9.18 Å². The molecule has 0 spiro atoms. The molecule has 24 heavy (non-hydrogen) atoms. The molecule has 1 N–H and O–H groups in total. The summed E-state index contributed by atoms with van der Waals surface area (Å²) in [6.45, 7) is 0.479. The highest BCUT2D eigenvalue weighted by atomic mass is 32.2. The first-order valence-electron chi connectivity index (χ1n) is 7.69. The fourth-order valence-corrected chi connectivity index (χ4v) is 3.23. The molecule has 124 valence electrons. The standard InChI is InChI=1S/C18H18FN3OS/c1-22-15-9-5-8-14(19)18(15)21-16(22)10-11-20-17(23)12-24-13-6-3-2-4-7-13/h2-9H,10-12H2,1H3,(H,20,23). The van der Waals surface area contributed by atoms with Gasteiger partial charge in [-0.3, -0.25) is 4.79 Å². The molecule has 0 unspecified atom stereocenters. The van der Waals surface area contributed by atoms with Gasteiger partial charge in [0.25, 0.3) is 0 Å². The van der Waals surface area contributed by atoms with Crippen LogP contribution in [-0.4, -0.2) is 27.8 Å². The summed E-state index contributed by atoms with van der Waals surface area (Å²) in [4.78, 5) is 17.3. The second kappa shape index (κ2) is 7.49. The van der Waals surface area contributed by atoms with Gasteiger partial charge in [0.15, 0.2) is 5.82 Å². The van der Waals surface area contributed by atoms with Crippen LogP contribution >= 0.6 is 11.8 Å². The van der Waals surface area contributed by atoms with Crippen molar-refractivity contribution in [3.8, 4) is 0 Å². The third kappa shape index (κ3) is 3.76. The van der Waals surface area contributed by atoms with Crippen LogP contribution in [0.5, 0.6) is 0 Å². The Morgan fingerprint density at radius 3 is 2.75 bits per heavy atom. The van der Waals surface area contributed by atoms with Gasteiger partial charge < -0.3 is 9.88 Å². The van der Waals surface area contributed by atoms with Crippen molar-refractivity contribution in [2.75, 3.05) is 12.3 Å². The Labute approximate surface area is 144 Å². The maximum Gasteiger partial charge on any atom is 0.230 e. The van der Waals surface area contributed by atoms with Gasteiger partial charge in [0.05, 0.1) is 11.3 Å². The number of carbonyl (C=O) groups is 1. The number of aromatic nitrogens is 2. The Hall–Kier alpha value is -2.34. The molecule has 0 atom stereocenters. The summed E-state index contributed by atoms with van der Waals surface area (Å²) in [5, 5.41) is 2.88. The number of hydrogen-bond acceptors (Lipinski definition) is 3. The van der Waals surface area contributed by atoms with Crippen molar-refractivity contribution in [2.45, 2.75) is 11.3 Å². The van der Waals surface area contributed by atoms with E-state index in [2.05, 4.69) is 10.3 Å². The SMILES string of the molecule is Cn1c(CCNC(=O)CSc2ccccc2)nc2c(F)cccc21. The summed E-state index contributed by atoms with van der Waals surface area (Å²) in [6.07, 6.45) is 0.562. The first-order valence-corrected chi connectivity index (χ1v) is 8.68. The van der Waals surface area contributed by atoms with Crippen molar-refractivity contribution in [1.82, 2.24) is 14.9 Å². The zero-order valence-corrected chi connectivity index (χ0v) is 14.1. The fourth-order valence-electron chi connectivity index (χ4n) is 2.48. The van der Waals surface area contributed by atoms with Gasteiger partial charge in [0.1, 0.15) is 11.3 Å². The zero-order valence-electron chi connectivity index (χ0n) is 13.3. The molecule has 1 heterocycles. The van der Waals surface area contributed by atoms with Crippen LogP contribution in [-0.2, 0) is 18.3 Å². The minimum atomic E-state index is -0.322. The van der Waals surface area contributed by atoms with E-state index in [1.54, 1.807) is 6.07 Å². The van der Waals surface area contributed by atoms with Gasteiger partial charge >= 0.3 is 0 Å². The number of hydrogen-bond donors (Lipinski definition) is 1. The van der Waals surface area contributed by atoms with Crippen LogP contribution < -0.4 is 5.32 Å². The van der Waals surface area contributed by atoms with Gasteiger partial charge in [-0.15, -0.1) is 11.8 Å². The highest BCUT2D eigenvalue weighted by molar-refractivity contribution is 8.00. The predicted octanol–water partition coefficient (Wildman–Crippen LogP) is 3.16. The molecule has 0 radical (unpaired) electrons. The summed E-state index contributed by atoms with van der Waals surface area (Å²) in [7, 11) is 1.86. The smallest absolute Gasteiger partial charge is 0.230 e. The molecule has 0 saturated heterocycles. The van der Waals surface area contributed by atoms with E-state index in [4.69, 9.17) is 0 Å². The van der Waals surface area contributed by atoms with Crippen molar-refractivity contribution in [2.24, 2.45) is 7.05 Å². The maximum atomic E-state index is 13.7. The number of imidazole rings is 1. The van der Waals surface area contributed by atoms with Crippen LogP contribution in [0.4, 0.5) is 4.39 Å². The summed E-state index contributed by atoms with van der Waals surface area (Å²) in [6, 6.07) is 14.7. The van der Waals surface area contributed by atoms with Crippen LogP contribution in [0.1, 0.15) is 5.82 Å². The number of halogens is 1. The lowest BCUT2D eigenvalue weighted by molar-refractivity contribution is -0.118. The highest BCUT2D eigenvalue weighted by Gasteiger charge is 2.11. The largest absolute Gasteiger partial charge is 0.355 e. The van der Waals surface area contributed by atoms with E-state index < -0.39 is 0 Å². The molecule has 6 heteroatoms. The monoisotopic (exact) mass is 343 g/mol. The number of nitrogens with zero attached hydrogens (tertiary/aromatic N) is 2. The molecular weight excluding hydrogens is 325 g/mol. The predicted molar refractivity (Wildman–Crippen MR) is 94.6 cm³/mol. The number of rotatable bonds is 6. The van der Waals surface area contributed by atoms with Crippen LogP contribution in [0.25, 0.3) is 11.0 Å². The van der Waals surface area contributed by atoms with Gasteiger partial charge in [0.2, 0.25) is 5.91 Å². The summed E-state index contributed by atoms with van der Waals surface area (Å²) >= 11 is 1.50. The summed E-state index contributed by atoms with van der Waals surface area (Å²) in [5.74, 6) is 0.791. The van der Waals surface area contributed by atoms with Crippen molar-refractivity contribution in [3.05, 3.63) is 60.2 Å². The Balaban J connectivity index is 1.52. The average molecular weight is 343 g/mol. The first kappa shape index (κ1) is 16.5. The summed E-state index contributed by atoms with van der Waals surface area (Å²) in [5.41, 5.74) is 1.14. The quantitative estimate of drug-likeness (QED) is 0.700. The molecule has 2 aromatic carbocycles. The van der Waals surface area contributed by atoms with Crippen LogP contribution in [0.15, 0.2) is 53.4 Å². The number of carbonyl (C=O) groups excluding carboxylic acids is 1. The van der Waals surface area contributed by atoms with Crippen LogP contribution in [0.3, 0.4) is 0 Å². The summed E-state index contributed by atoms with van der Waals surface area (Å²) < 4.78 is 15.6. The second-order valence-electron chi connectivity index (χ2n) is 5.40. The Morgan fingerprint density at radius 2 is 2.00 bits per heavy atom. The third-order valence-electron chi connectivity index (χ3n) is 3.74. The van der Waals surface area contributed by atoms with Crippen LogP contribution in [0, 0.1) is 5.82 Å². The molecule has 3 rings (SSSR count). The van der Waals surface area contributed by atoms with Crippen molar-refractivity contribution in [3.63, 3.8) is 0 Å². The minimum Gasteiger partial charge on any atom is -0.355 e. The molecule has 0 saturated carbocycles. The maximum absolute atomic E-state index is 13.7. The van der Waals surface area contributed by atoms with Crippen molar-refractivity contribution >= 4 is 28.7 Å². The fraction of sp³-hybridized carbons (Fsp3) is 0.222. The van der Waals surface area contributed by atoms with Gasteiger partial charge in [-0.1, -0.05) is 24.3 Å². The Bertz CT molecular complexity index is 848. The average Bonchev–Trinajstić information content (AvgIpc) is 2.92. The molecule has 1 amide bonds. The molecule has 1 aromatic heterocycles. The van der Waals surface area contributed by atoms with E-state index in [-0.39, 0.29) is 11.7 Å². The molecule has 3 aromatic rings. The lowest BCUT2D eigenvalue weighted by Gasteiger charge is -2.05. The molecular formula is C18H18FN3OS. The number of amides is 1. The third-order valence-corrected chi connectivity index (χ3v) is 4.75. The van der Waals surface area contributed by atoms with E-state index in [0.29, 0.717) is 24.2 Å². The van der Waals surface area contributed by atoms with E-state index in [1.165, 1.54) is 17.8 Å². The lowest BCUT2D eigenvalue weighted by atomic mass is 10.3. The Kier molecular flexibility index (Phi) is 5.15. The topological polar surface area (TPSA) is 46.9 Å². The number of nitrogens with one attached hydrogen (secondary N) is 1.